The summed E-state index contributed by atoms with van der Waals surface area (Å²) in [6, 6.07) is -0.664. The average molecular weight is 247 g/mol. The van der Waals surface area contributed by atoms with Crippen molar-refractivity contribution in [1.29, 1.82) is 0 Å². The summed E-state index contributed by atoms with van der Waals surface area (Å²) in [7, 11) is 0. The van der Waals surface area contributed by atoms with Gasteiger partial charge < -0.3 is 25.4 Å². The molecule has 1 heterocycles. The molecule has 1 fully saturated rings. The molecule has 0 aromatic carbocycles. The molecule has 0 aliphatic carbocycles. The first-order valence-electron chi connectivity index (χ1n) is 5.81. The average Bonchev–Trinajstić information content (AvgIpc) is 2.28. The summed E-state index contributed by atoms with van der Waals surface area (Å²) >= 11 is 0. The van der Waals surface area contributed by atoms with Gasteiger partial charge in [0.15, 0.2) is 0 Å². The van der Waals surface area contributed by atoms with Gasteiger partial charge in [-0.1, -0.05) is 13.8 Å². The highest BCUT2D eigenvalue weighted by molar-refractivity contribution is 5.78. The molecule has 1 aliphatic heterocycles. The zero-order valence-corrected chi connectivity index (χ0v) is 10.3. The van der Waals surface area contributed by atoms with Crippen LogP contribution in [0.15, 0.2) is 0 Å². The van der Waals surface area contributed by atoms with E-state index in [0.717, 1.165) is 0 Å². The maximum absolute atomic E-state index is 11.6. The molecule has 0 radical (unpaired) electrons. The fraction of sp³-hybridized carbons (Fsp3) is 0.909. The summed E-state index contributed by atoms with van der Waals surface area (Å²) in [6.07, 6.45) is -3.62. The van der Waals surface area contributed by atoms with E-state index in [1.807, 2.05) is 0 Å². The van der Waals surface area contributed by atoms with Gasteiger partial charge in [0.25, 0.3) is 0 Å². The van der Waals surface area contributed by atoms with Crippen LogP contribution in [-0.4, -0.2) is 58.3 Å². The summed E-state index contributed by atoms with van der Waals surface area (Å²) in [5.41, 5.74) is 0. The molecule has 1 rings (SSSR count). The largest absolute Gasteiger partial charge is 0.394 e. The zero-order chi connectivity index (χ0) is 13.2. The number of amides is 1. The minimum atomic E-state index is -1.20. The van der Waals surface area contributed by atoms with Gasteiger partial charge in [-0.15, -0.1) is 0 Å². The van der Waals surface area contributed by atoms with E-state index in [9.17, 15) is 15.0 Å². The van der Waals surface area contributed by atoms with E-state index in [-0.39, 0.29) is 18.4 Å². The third-order valence-electron chi connectivity index (χ3n) is 3.01. The summed E-state index contributed by atoms with van der Waals surface area (Å²) < 4.78 is 5.34. The molecule has 1 amide bonds. The molecule has 0 bridgehead atoms. The molecule has 1 aliphatic rings. The van der Waals surface area contributed by atoms with Gasteiger partial charge >= 0.3 is 0 Å². The Kier molecular flexibility index (Phi) is 4.88. The van der Waals surface area contributed by atoms with Crippen LogP contribution in [0.3, 0.4) is 0 Å². The van der Waals surface area contributed by atoms with Crippen molar-refractivity contribution < 1.29 is 24.9 Å². The van der Waals surface area contributed by atoms with Crippen LogP contribution in [0.1, 0.15) is 20.8 Å². The Morgan fingerprint density at radius 2 is 1.94 bits per heavy atom. The third-order valence-corrected chi connectivity index (χ3v) is 3.01. The first kappa shape index (κ1) is 14.4. The van der Waals surface area contributed by atoms with Crippen LogP contribution in [-0.2, 0) is 9.53 Å². The molecule has 0 saturated carbocycles. The maximum atomic E-state index is 11.6. The van der Waals surface area contributed by atoms with Crippen molar-refractivity contribution in [2.45, 2.75) is 51.2 Å². The van der Waals surface area contributed by atoms with Crippen LogP contribution in [0.25, 0.3) is 0 Å². The van der Waals surface area contributed by atoms with Crippen molar-refractivity contribution in [2.75, 3.05) is 6.61 Å². The number of nitrogens with one attached hydrogen (secondary N) is 1. The SMILES string of the molecule is CC(C)C(=O)N[C@@H]1[C@@H](O)[C@@H](O)[C@@H](CO)O[C@H]1C. The molecule has 0 aromatic heterocycles. The number of carbonyl (C=O) groups is 1. The van der Waals surface area contributed by atoms with Gasteiger partial charge in [-0.05, 0) is 6.92 Å². The van der Waals surface area contributed by atoms with Crippen LogP contribution in [0.5, 0.6) is 0 Å². The van der Waals surface area contributed by atoms with Gasteiger partial charge in [-0.2, -0.15) is 0 Å². The van der Waals surface area contributed by atoms with Crippen LogP contribution in [0, 0.1) is 5.92 Å². The molecule has 4 N–H and O–H groups in total. The lowest BCUT2D eigenvalue weighted by molar-refractivity contribution is -0.191. The standard InChI is InChI=1S/C11H21NO5/c1-5(2)11(16)12-8-6(3)17-7(4-13)9(14)10(8)15/h5-10,13-15H,4H2,1-3H3,(H,12,16)/t6-,7+,8-,9-,10+/m0/s1. The normalized spacial score (nSPS) is 38.2. The van der Waals surface area contributed by atoms with Crippen molar-refractivity contribution >= 4 is 5.91 Å². The van der Waals surface area contributed by atoms with E-state index in [2.05, 4.69) is 5.32 Å². The molecule has 0 spiro atoms. The Labute approximate surface area is 101 Å². The highest BCUT2D eigenvalue weighted by Crippen LogP contribution is 2.21. The van der Waals surface area contributed by atoms with E-state index >= 15 is 0 Å². The lowest BCUT2D eigenvalue weighted by Crippen LogP contribution is -2.63. The molecule has 0 unspecified atom stereocenters. The van der Waals surface area contributed by atoms with E-state index in [4.69, 9.17) is 9.84 Å². The Morgan fingerprint density at radius 1 is 1.35 bits per heavy atom. The van der Waals surface area contributed by atoms with Crippen LogP contribution < -0.4 is 5.32 Å². The summed E-state index contributed by atoms with van der Waals surface area (Å²) in [5, 5.41) is 31.2. The predicted octanol–water partition coefficient (Wildman–Crippen LogP) is -1.37. The quantitative estimate of drug-likeness (QED) is 0.493. The molecular formula is C11H21NO5. The Balaban J connectivity index is 2.69. The second-order valence-corrected chi connectivity index (χ2v) is 4.73. The summed E-state index contributed by atoms with van der Waals surface area (Å²) in [6.45, 7) is 4.79. The second kappa shape index (κ2) is 5.77. The number of aliphatic hydroxyl groups excluding tert-OH is 3. The first-order valence-corrected chi connectivity index (χ1v) is 5.81. The molecule has 6 nitrogen and oxygen atoms in total. The van der Waals surface area contributed by atoms with Gasteiger partial charge in [-0.25, -0.2) is 0 Å². The molecule has 100 valence electrons. The number of aliphatic hydroxyl groups is 3. The second-order valence-electron chi connectivity index (χ2n) is 4.73. The fourth-order valence-electron chi connectivity index (χ4n) is 1.84. The summed E-state index contributed by atoms with van der Waals surface area (Å²) in [4.78, 5) is 11.6. The van der Waals surface area contributed by atoms with Gasteiger partial charge in [0, 0.05) is 5.92 Å². The lowest BCUT2D eigenvalue weighted by Gasteiger charge is -2.41. The van der Waals surface area contributed by atoms with E-state index in [1.54, 1.807) is 20.8 Å². The molecule has 17 heavy (non-hydrogen) atoms. The Bertz CT molecular complexity index is 271. The van der Waals surface area contributed by atoms with Crippen LogP contribution in [0.2, 0.25) is 0 Å². The Morgan fingerprint density at radius 3 is 2.41 bits per heavy atom. The van der Waals surface area contributed by atoms with Crippen LogP contribution >= 0.6 is 0 Å². The molecule has 0 aromatic rings. The monoisotopic (exact) mass is 247 g/mol. The van der Waals surface area contributed by atoms with Crippen molar-refractivity contribution in [3.63, 3.8) is 0 Å². The maximum Gasteiger partial charge on any atom is 0.222 e. The number of hydrogen-bond acceptors (Lipinski definition) is 5. The lowest BCUT2D eigenvalue weighted by atomic mass is 9.93. The van der Waals surface area contributed by atoms with Crippen LogP contribution in [0.4, 0.5) is 0 Å². The summed E-state index contributed by atoms with van der Waals surface area (Å²) in [5.74, 6) is -0.416. The van der Waals surface area contributed by atoms with Crippen molar-refractivity contribution in [3.05, 3.63) is 0 Å². The van der Waals surface area contributed by atoms with E-state index in [0.29, 0.717) is 0 Å². The van der Waals surface area contributed by atoms with E-state index in [1.165, 1.54) is 0 Å². The van der Waals surface area contributed by atoms with E-state index < -0.39 is 30.5 Å². The molecular weight excluding hydrogens is 226 g/mol. The van der Waals surface area contributed by atoms with Crippen molar-refractivity contribution in [1.82, 2.24) is 5.32 Å². The van der Waals surface area contributed by atoms with Gasteiger partial charge in [-0.3, -0.25) is 4.79 Å². The molecule has 6 heteroatoms. The first-order chi connectivity index (χ1) is 7.88. The topological polar surface area (TPSA) is 99.0 Å². The van der Waals surface area contributed by atoms with Crippen molar-refractivity contribution in [3.8, 4) is 0 Å². The van der Waals surface area contributed by atoms with Crippen molar-refractivity contribution in [2.24, 2.45) is 5.92 Å². The molecule has 5 atom stereocenters. The predicted molar refractivity (Wildman–Crippen MR) is 60.2 cm³/mol. The molecule has 1 saturated heterocycles. The highest BCUT2D eigenvalue weighted by Gasteiger charge is 2.42. The number of ether oxygens (including phenoxy) is 1. The van der Waals surface area contributed by atoms with Gasteiger partial charge in [0.05, 0.1) is 18.8 Å². The minimum Gasteiger partial charge on any atom is -0.394 e. The number of rotatable bonds is 3. The third kappa shape index (κ3) is 3.16. The zero-order valence-electron chi connectivity index (χ0n) is 10.3. The Hall–Kier alpha value is -0.690. The smallest absolute Gasteiger partial charge is 0.222 e. The number of hydrogen-bond donors (Lipinski definition) is 4. The highest BCUT2D eigenvalue weighted by atomic mass is 16.5. The fourth-order valence-corrected chi connectivity index (χ4v) is 1.84. The minimum absolute atomic E-state index is 0.206. The van der Waals surface area contributed by atoms with Gasteiger partial charge in [0.2, 0.25) is 5.91 Å². The number of carbonyl (C=O) groups excluding carboxylic acids is 1. The van der Waals surface area contributed by atoms with Gasteiger partial charge in [0.1, 0.15) is 18.3 Å².